The Hall–Kier alpha value is -4.01. The van der Waals surface area contributed by atoms with Crippen LogP contribution in [0.2, 0.25) is 0 Å². The van der Waals surface area contributed by atoms with Crippen molar-refractivity contribution in [3.05, 3.63) is 88.5 Å². The Kier molecular flexibility index (Phi) is 5.75. The highest BCUT2D eigenvalue weighted by atomic mass is 16.6. The largest absolute Gasteiger partial charge is 0.460 e. The first-order valence-corrected chi connectivity index (χ1v) is 8.29. The van der Waals surface area contributed by atoms with Crippen molar-refractivity contribution in [2.75, 3.05) is 6.54 Å². The van der Waals surface area contributed by atoms with E-state index in [1.165, 1.54) is 29.2 Å². The maximum absolute atomic E-state index is 12.2. The number of imidazole rings is 1. The predicted octanol–water partition coefficient (Wildman–Crippen LogP) is 2.25. The molecule has 0 bridgehead atoms. The molecule has 1 amide bonds. The second-order valence-electron chi connectivity index (χ2n) is 5.76. The van der Waals surface area contributed by atoms with Gasteiger partial charge in [-0.2, -0.15) is 0 Å². The van der Waals surface area contributed by atoms with Gasteiger partial charge in [-0.1, -0.05) is 30.3 Å². The second kappa shape index (κ2) is 8.58. The van der Waals surface area contributed by atoms with Gasteiger partial charge < -0.3 is 14.6 Å². The molecule has 9 nitrogen and oxygen atoms in total. The molecule has 3 aromatic rings. The molecule has 0 saturated heterocycles. The zero-order valence-corrected chi connectivity index (χ0v) is 14.6. The fraction of sp³-hybridized carbons (Fsp3) is 0.105. The molecule has 0 spiro atoms. The van der Waals surface area contributed by atoms with Gasteiger partial charge >= 0.3 is 5.97 Å². The number of nitrogens with zero attached hydrogens (tertiary/aromatic N) is 3. The Morgan fingerprint density at radius 2 is 1.96 bits per heavy atom. The molecule has 0 radical (unpaired) electrons. The van der Waals surface area contributed by atoms with Crippen molar-refractivity contribution in [2.45, 2.75) is 6.61 Å². The lowest BCUT2D eigenvalue weighted by atomic mass is 10.1. The number of benzene rings is 2. The molecule has 0 fully saturated rings. The molecule has 3 rings (SSSR count). The minimum atomic E-state index is -0.614. The van der Waals surface area contributed by atoms with E-state index in [2.05, 4.69) is 10.3 Å². The first kappa shape index (κ1) is 18.8. The SMILES string of the molecule is O=C(CNC(=O)c1ccc(-n2ccnc2)c([N+](=O)[O-])c1)OCc1ccccc1. The smallest absolute Gasteiger partial charge is 0.325 e. The summed E-state index contributed by atoms with van der Waals surface area (Å²) >= 11 is 0. The lowest BCUT2D eigenvalue weighted by Crippen LogP contribution is -2.30. The molecule has 28 heavy (non-hydrogen) atoms. The van der Waals surface area contributed by atoms with Gasteiger partial charge in [0, 0.05) is 24.0 Å². The molecule has 0 aliphatic rings. The summed E-state index contributed by atoms with van der Waals surface area (Å²) in [5, 5.41) is 13.7. The van der Waals surface area contributed by atoms with E-state index < -0.39 is 16.8 Å². The van der Waals surface area contributed by atoms with Crippen LogP contribution in [0.3, 0.4) is 0 Å². The van der Waals surface area contributed by atoms with Crippen molar-refractivity contribution in [1.82, 2.24) is 14.9 Å². The van der Waals surface area contributed by atoms with Crippen molar-refractivity contribution < 1.29 is 19.2 Å². The van der Waals surface area contributed by atoms with E-state index in [4.69, 9.17) is 4.74 Å². The van der Waals surface area contributed by atoms with E-state index in [0.29, 0.717) is 0 Å². The summed E-state index contributed by atoms with van der Waals surface area (Å²) in [6.45, 7) is -0.247. The fourth-order valence-corrected chi connectivity index (χ4v) is 2.47. The van der Waals surface area contributed by atoms with E-state index in [1.807, 2.05) is 30.3 Å². The topological polar surface area (TPSA) is 116 Å². The number of amides is 1. The molecule has 0 aliphatic heterocycles. The second-order valence-corrected chi connectivity index (χ2v) is 5.76. The molecule has 2 aromatic carbocycles. The predicted molar refractivity (Wildman–Crippen MR) is 98.8 cm³/mol. The summed E-state index contributed by atoms with van der Waals surface area (Å²) in [4.78, 5) is 38.6. The van der Waals surface area contributed by atoms with Gasteiger partial charge in [-0.3, -0.25) is 19.7 Å². The molecule has 0 unspecified atom stereocenters. The van der Waals surface area contributed by atoms with Crippen LogP contribution in [0.5, 0.6) is 0 Å². The van der Waals surface area contributed by atoms with E-state index >= 15 is 0 Å². The molecular formula is C19H16N4O5. The molecule has 9 heteroatoms. The van der Waals surface area contributed by atoms with Crippen LogP contribution < -0.4 is 5.32 Å². The van der Waals surface area contributed by atoms with Gasteiger partial charge in [0.25, 0.3) is 11.6 Å². The van der Waals surface area contributed by atoms with Gasteiger partial charge in [-0.05, 0) is 17.7 Å². The van der Waals surface area contributed by atoms with Crippen molar-refractivity contribution in [1.29, 1.82) is 0 Å². The van der Waals surface area contributed by atoms with Gasteiger partial charge in [0.15, 0.2) is 0 Å². The maximum atomic E-state index is 12.2. The molecule has 1 aromatic heterocycles. The molecule has 1 heterocycles. The number of nitro benzene ring substituents is 1. The summed E-state index contributed by atoms with van der Waals surface area (Å²) in [7, 11) is 0. The number of rotatable bonds is 7. The van der Waals surface area contributed by atoms with Crippen molar-refractivity contribution >= 4 is 17.6 Å². The monoisotopic (exact) mass is 380 g/mol. The molecule has 0 saturated carbocycles. The molecule has 142 valence electrons. The number of hydrogen-bond donors (Lipinski definition) is 1. The van der Waals surface area contributed by atoms with Gasteiger partial charge in [0.2, 0.25) is 0 Å². The summed E-state index contributed by atoms with van der Waals surface area (Å²) in [6, 6.07) is 13.2. The summed E-state index contributed by atoms with van der Waals surface area (Å²) in [5.41, 5.74) is 0.915. The third-order valence-corrected chi connectivity index (χ3v) is 3.85. The normalized spacial score (nSPS) is 10.3. The highest BCUT2D eigenvalue weighted by Crippen LogP contribution is 2.24. The minimum Gasteiger partial charge on any atom is -0.460 e. The minimum absolute atomic E-state index is 0.0615. The number of nitro groups is 1. The average Bonchev–Trinajstić information content (AvgIpc) is 3.25. The average molecular weight is 380 g/mol. The zero-order chi connectivity index (χ0) is 19.9. The highest BCUT2D eigenvalue weighted by molar-refractivity contribution is 5.96. The lowest BCUT2D eigenvalue weighted by Gasteiger charge is -2.08. The third-order valence-electron chi connectivity index (χ3n) is 3.85. The Morgan fingerprint density at radius 1 is 1.18 bits per heavy atom. The number of hydrogen-bond acceptors (Lipinski definition) is 6. The van der Waals surface area contributed by atoms with Crippen molar-refractivity contribution in [3.63, 3.8) is 0 Å². The van der Waals surface area contributed by atoms with E-state index in [1.54, 1.807) is 6.20 Å². The Morgan fingerprint density at radius 3 is 2.64 bits per heavy atom. The summed E-state index contributed by atoms with van der Waals surface area (Å²) in [6.07, 6.45) is 4.47. The van der Waals surface area contributed by atoms with E-state index in [0.717, 1.165) is 11.6 Å². The Balaban J connectivity index is 1.62. The number of carbonyl (C=O) groups is 2. The van der Waals surface area contributed by atoms with Gasteiger partial charge in [-0.25, -0.2) is 4.98 Å². The lowest BCUT2D eigenvalue weighted by molar-refractivity contribution is -0.384. The Bertz CT molecular complexity index is 987. The zero-order valence-electron chi connectivity index (χ0n) is 14.6. The number of nitrogens with one attached hydrogen (secondary N) is 1. The van der Waals surface area contributed by atoms with E-state index in [-0.39, 0.29) is 30.1 Å². The molecule has 0 atom stereocenters. The number of esters is 1. The Labute approximate surface area is 159 Å². The number of aromatic nitrogens is 2. The first-order chi connectivity index (χ1) is 13.5. The van der Waals surface area contributed by atoms with Crippen molar-refractivity contribution in [3.8, 4) is 5.69 Å². The standard InChI is InChI=1S/C19H16N4O5/c24-18(28-12-14-4-2-1-3-5-14)11-21-19(25)15-6-7-16(17(10-15)23(26)27)22-9-8-20-13-22/h1-10,13H,11-12H2,(H,21,25). The van der Waals surface area contributed by atoms with Crippen LogP contribution in [-0.4, -0.2) is 32.9 Å². The van der Waals surface area contributed by atoms with Crippen LogP contribution in [-0.2, 0) is 16.1 Å². The van der Waals surface area contributed by atoms with Crippen LogP contribution in [0.1, 0.15) is 15.9 Å². The van der Waals surface area contributed by atoms with Crippen LogP contribution in [0.25, 0.3) is 5.69 Å². The quantitative estimate of drug-likeness (QED) is 0.382. The van der Waals surface area contributed by atoms with Crippen molar-refractivity contribution in [2.24, 2.45) is 0 Å². The van der Waals surface area contributed by atoms with E-state index in [9.17, 15) is 19.7 Å². The maximum Gasteiger partial charge on any atom is 0.325 e. The summed E-state index contributed by atoms with van der Waals surface area (Å²) in [5.74, 6) is -1.22. The highest BCUT2D eigenvalue weighted by Gasteiger charge is 2.19. The van der Waals surface area contributed by atoms with Gasteiger partial charge in [-0.15, -0.1) is 0 Å². The number of ether oxygens (including phenoxy) is 1. The van der Waals surface area contributed by atoms with Crippen LogP contribution in [0.4, 0.5) is 5.69 Å². The number of carbonyl (C=O) groups excluding carboxylic acids is 2. The molecule has 0 aliphatic carbocycles. The molecular weight excluding hydrogens is 364 g/mol. The molecule has 1 N–H and O–H groups in total. The fourth-order valence-electron chi connectivity index (χ4n) is 2.47. The van der Waals surface area contributed by atoms with Gasteiger partial charge in [0.1, 0.15) is 18.8 Å². The van der Waals surface area contributed by atoms with Crippen LogP contribution >= 0.6 is 0 Å². The third kappa shape index (κ3) is 4.58. The van der Waals surface area contributed by atoms with Crippen LogP contribution in [0.15, 0.2) is 67.3 Å². The van der Waals surface area contributed by atoms with Crippen LogP contribution in [0, 0.1) is 10.1 Å². The first-order valence-electron chi connectivity index (χ1n) is 8.29. The van der Waals surface area contributed by atoms with Gasteiger partial charge in [0.05, 0.1) is 11.3 Å². The summed E-state index contributed by atoms with van der Waals surface area (Å²) < 4.78 is 6.55.